The van der Waals surface area contributed by atoms with Gasteiger partial charge in [-0.05, 0) is 55.7 Å². The van der Waals surface area contributed by atoms with Crippen LogP contribution in [0.15, 0.2) is 48.2 Å². The zero-order valence-corrected chi connectivity index (χ0v) is 17.0. The van der Waals surface area contributed by atoms with Gasteiger partial charge in [0.1, 0.15) is 17.6 Å². The first-order valence-corrected chi connectivity index (χ1v) is 9.97. The molecule has 0 saturated carbocycles. The van der Waals surface area contributed by atoms with Crippen LogP contribution in [0.2, 0.25) is 0 Å². The number of nitrogens with zero attached hydrogens (tertiary/aromatic N) is 2. The lowest BCUT2D eigenvalue weighted by atomic mass is 9.96. The number of ether oxygens (including phenoxy) is 2. The van der Waals surface area contributed by atoms with Gasteiger partial charge < -0.3 is 19.5 Å². The summed E-state index contributed by atoms with van der Waals surface area (Å²) < 4.78 is 10.9. The van der Waals surface area contributed by atoms with Crippen LogP contribution in [0.4, 0.5) is 0 Å². The lowest BCUT2D eigenvalue weighted by Crippen LogP contribution is -2.36. The summed E-state index contributed by atoms with van der Waals surface area (Å²) in [5.41, 5.74) is 1.79. The van der Waals surface area contributed by atoms with Gasteiger partial charge in [0, 0.05) is 24.9 Å². The molecule has 0 radical (unpaired) electrons. The average Bonchev–Trinajstić information content (AvgIpc) is 3.36. The number of benzene rings is 1. The van der Waals surface area contributed by atoms with Gasteiger partial charge in [0.05, 0.1) is 24.5 Å². The van der Waals surface area contributed by atoms with Gasteiger partial charge in [0.2, 0.25) is 0 Å². The van der Waals surface area contributed by atoms with Gasteiger partial charge in [-0.15, -0.1) is 0 Å². The van der Waals surface area contributed by atoms with Crippen LogP contribution in [0.5, 0.6) is 5.75 Å². The van der Waals surface area contributed by atoms with Crippen LogP contribution in [0, 0.1) is 6.92 Å². The quantitative estimate of drug-likeness (QED) is 0.465. The molecule has 1 aromatic carbocycles. The van der Waals surface area contributed by atoms with Gasteiger partial charge in [-0.3, -0.25) is 14.6 Å². The number of ketones is 1. The van der Waals surface area contributed by atoms with E-state index in [0.717, 1.165) is 18.4 Å². The summed E-state index contributed by atoms with van der Waals surface area (Å²) in [6.45, 7) is 2.74. The Bertz CT molecular complexity index is 996. The predicted molar refractivity (Wildman–Crippen MR) is 110 cm³/mol. The summed E-state index contributed by atoms with van der Waals surface area (Å²) >= 11 is 0. The van der Waals surface area contributed by atoms with Gasteiger partial charge in [-0.2, -0.15) is 0 Å². The van der Waals surface area contributed by atoms with Crippen molar-refractivity contribution in [2.75, 3.05) is 20.3 Å². The van der Waals surface area contributed by atoms with Crippen molar-refractivity contribution in [3.05, 3.63) is 65.0 Å². The van der Waals surface area contributed by atoms with Crippen LogP contribution in [-0.2, 0) is 14.3 Å². The maximum atomic E-state index is 13.0. The number of rotatable bonds is 5. The normalized spacial score (nSPS) is 23.2. The van der Waals surface area contributed by atoms with E-state index < -0.39 is 17.7 Å². The molecule has 0 aliphatic carbocycles. The molecule has 2 atom stereocenters. The maximum Gasteiger partial charge on any atom is 0.295 e. The lowest BCUT2D eigenvalue weighted by Gasteiger charge is -2.26. The summed E-state index contributed by atoms with van der Waals surface area (Å²) in [6.07, 6.45) is 3.24. The summed E-state index contributed by atoms with van der Waals surface area (Å²) in [5, 5.41) is 11.1. The van der Waals surface area contributed by atoms with Crippen molar-refractivity contribution >= 4 is 17.4 Å². The molecule has 2 aliphatic heterocycles. The number of aliphatic hydroxyl groups excluding tert-OH is 1. The molecule has 30 heavy (non-hydrogen) atoms. The number of carbonyl (C=O) groups excluding carboxylic acids is 2. The number of Topliss-reactive ketones (excluding diaryl/α,β-unsaturated/α-hetero) is 1. The number of aliphatic hydroxyl groups is 1. The fourth-order valence-corrected chi connectivity index (χ4v) is 4.10. The van der Waals surface area contributed by atoms with E-state index >= 15 is 0 Å². The average molecular weight is 408 g/mol. The number of amides is 1. The molecule has 2 unspecified atom stereocenters. The van der Waals surface area contributed by atoms with Crippen LogP contribution in [0.3, 0.4) is 0 Å². The van der Waals surface area contributed by atoms with Crippen LogP contribution in [0.25, 0.3) is 5.76 Å². The molecular weight excluding hydrogens is 384 g/mol. The summed E-state index contributed by atoms with van der Waals surface area (Å²) in [5.74, 6) is -0.923. The zero-order chi connectivity index (χ0) is 21.3. The number of aromatic nitrogens is 1. The first-order chi connectivity index (χ1) is 14.5. The smallest absolute Gasteiger partial charge is 0.295 e. The topological polar surface area (TPSA) is 89.0 Å². The van der Waals surface area contributed by atoms with Crippen LogP contribution < -0.4 is 4.74 Å². The molecule has 0 bridgehead atoms. The highest BCUT2D eigenvalue weighted by Crippen LogP contribution is 2.40. The Labute approximate surface area is 174 Å². The molecule has 7 heteroatoms. The van der Waals surface area contributed by atoms with E-state index in [4.69, 9.17) is 9.47 Å². The predicted octanol–water partition coefficient (Wildman–Crippen LogP) is 3.00. The second-order valence-corrected chi connectivity index (χ2v) is 7.52. The Morgan fingerprint density at radius 3 is 2.77 bits per heavy atom. The van der Waals surface area contributed by atoms with Crippen molar-refractivity contribution < 1.29 is 24.2 Å². The van der Waals surface area contributed by atoms with Crippen molar-refractivity contribution in [2.45, 2.75) is 31.9 Å². The Morgan fingerprint density at radius 1 is 1.30 bits per heavy atom. The summed E-state index contributed by atoms with van der Waals surface area (Å²) in [6, 6.07) is 9.72. The van der Waals surface area contributed by atoms with Crippen molar-refractivity contribution in [1.82, 2.24) is 9.88 Å². The van der Waals surface area contributed by atoms with Crippen molar-refractivity contribution in [3.63, 3.8) is 0 Å². The molecule has 2 aliphatic rings. The van der Waals surface area contributed by atoms with Crippen LogP contribution in [-0.4, -0.2) is 53.0 Å². The van der Waals surface area contributed by atoms with Crippen LogP contribution >= 0.6 is 0 Å². The molecule has 7 nitrogen and oxygen atoms in total. The highest BCUT2D eigenvalue weighted by Gasteiger charge is 2.47. The van der Waals surface area contributed by atoms with Crippen molar-refractivity contribution in [1.29, 1.82) is 0 Å². The minimum atomic E-state index is -0.767. The maximum absolute atomic E-state index is 13.0. The van der Waals surface area contributed by atoms with E-state index in [2.05, 4.69) is 4.98 Å². The molecule has 0 spiro atoms. The van der Waals surface area contributed by atoms with E-state index in [1.807, 2.05) is 6.92 Å². The fourth-order valence-electron chi connectivity index (χ4n) is 4.10. The number of hydrogen-bond donors (Lipinski definition) is 1. The number of hydrogen-bond acceptors (Lipinski definition) is 6. The number of aryl methyl sites for hydroxylation is 1. The fraction of sp³-hybridized carbons (Fsp3) is 0.348. The molecule has 2 aromatic rings. The van der Waals surface area contributed by atoms with E-state index in [0.29, 0.717) is 23.6 Å². The minimum absolute atomic E-state index is 0.0463. The highest BCUT2D eigenvalue weighted by molar-refractivity contribution is 6.46. The molecular formula is C23H24N2O5. The summed E-state index contributed by atoms with van der Waals surface area (Å²) in [7, 11) is 1.56. The SMILES string of the molecule is COc1ccc(/C(O)=C2/C(=O)C(=O)N(CC3CCCO3)C2c2ccccn2)c(C)c1. The monoisotopic (exact) mass is 408 g/mol. The third kappa shape index (κ3) is 3.57. The van der Waals surface area contributed by atoms with E-state index in [-0.39, 0.29) is 24.0 Å². The van der Waals surface area contributed by atoms with Crippen LogP contribution in [0.1, 0.15) is 35.7 Å². The molecule has 4 rings (SSSR count). The summed E-state index contributed by atoms with van der Waals surface area (Å²) in [4.78, 5) is 31.8. The second-order valence-electron chi connectivity index (χ2n) is 7.52. The molecule has 3 heterocycles. The Balaban J connectivity index is 1.82. The molecule has 1 N–H and O–H groups in total. The lowest BCUT2D eigenvalue weighted by molar-refractivity contribution is -0.140. The van der Waals surface area contributed by atoms with Gasteiger partial charge >= 0.3 is 0 Å². The van der Waals surface area contributed by atoms with E-state index in [9.17, 15) is 14.7 Å². The van der Waals surface area contributed by atoms with E-state index in [1.165, 1.54) is 4.90 Å². The largest absolute Gasteiger partial charge is 0.507 e. The standard InChI is InChI=1S/C23H24N2O5/c1-14-12-15(29-2)8-9-17(14)21(26)19-20(18-7-3-4-10-24-18)25(23(28)22(19)27)13-16-6-5-11-30-16/h3-4,7-10,12,16,20,26H,5-6,11,13H2,1-2H3/b21-19-. The van der Waals surface area contributed by atoms with Gasteiger partial charge in [0.25, 0.3) is 11.7 Å². The van der Waals surface area contributed by atoms with E-state index in [1.54, 1.807) is 49.7 Å². The Hall–Kier alpha value is -3.19. The minimum Gasteiger partial charge on any atom is -0.507 e. The molecule has 2 fully saturated rings. The Kier molecular flexibility index (Phi) is 5.55. The van der Waals surface area contributed by atoms with Crippen molar-refractivity contribution in [3.8, 4) is 5.75 Å². The number of methoxy groups -OCH3 is 1. The number of likely N-dealkylation sites (tertiary alicyclic amines) is 1. The third-order valence-electron chi connectivity index (χ3n) is 5.62. The first kappa shape index (κ1) is 20.1. The molecule has 1 aromatic heterocycles. The third-order valence-corrected chi connectivity index (χ3v) is 5.62. The molecule has 156 valence electrons. The van der Waals surface area contributed by atoms with Gasteiger partial charge in [-0.1, -0.05) is 6.07 Å². The van der Waals surface area contributed by atoms with Gasteiger partial charge in [0.15, 0.2) is 0 Å². The zero-order valence-electron chi connectivity index (χ0n) is 17.0. The van der Waals surface area contributed by atoms with Gasteiger partial charge in [-0.25, -0.2) is 0 Å². The number of carbonyl (C=O) groups is 2. The molecule has 1 amide bonds. The molecule has 2 saturated heterocycles. The van der Waals surface area contributed by atoms with Crippen molar-refractivity contribution in [2.24, 2.45) is 0 Å². The Morgan fingerprint density at radius 2 is 2.13 bits per heavy atom. The first-order valence-electron chi connectivity index (χ1n) is 9.97. The highest BCUT2D eigenvalue weighted by atomic mass is 16.5. The second kappa shape index (κ2) is 8.28. The number of pyridine rings is 1.